The van der Waals surface area contributed by atoms with Crippen molar-refractivity contribution in [3.8, 4) is 17.2 Å². The number of methoxy groups -OCH3 is 3. The quantitative estimate of drug-likeness (QED) is 0.712. The van der Waals surface area contributed by atoms with Gasteiger partial charge in [0.1, 0.15) is 0 Å². The molecule has 0 fully saturated rings. The van der Waals surface area contributed by atoms with E-state index in [4.69, 9.17) is 14.2 Å². The van der Waals surface area contributed by atoms with Gasteiger partial charge < -0.3 is 19.5 Å². The number of benzene rings is 1. The Labute approximate surface area is 170 Å². The van der Waals surface area contributed by atoms with Crippen LogP contribution in [0, 0.1) is 5.92 Å². The Morgan fingerprint density at radius 1 is 1.21 bits per heavy atom. The standard InChI is InChI=1S/C21H28N2O4S/c1-5-6-13-7-8-15-18(11-13)28-21(22-15)23-19(24)12-14-9-16(25-2)20(27-4)17(10-14)26-3/h9-10,13H,5-8,11-12H2,1-4H3,(H,22,23,24). The zero-order valence-corrected chi connectivity index (χ0v) is 17.8. The minimum atomic E-state index is -0.106. The van der Waals surface area contributed by atoms with Crippen molar-refractivity contribution < 1.29 is 19.0 Å². The lowest BCUT2D eigenvalue weighted by atomic mass is 9.88. The van der Waals surface area contributed by atoms with Crippen LogP contribution in [0.25, 0.3) is 0 Å². The number of fused-ring (bicyclic) bond motifs is 1. The zero-order valence-electron chi connectivity index (χ0n) is 17.0. The first-order valence-electron chi connectivity index (χ1n) is 9.65. The van der Waals surface area contributed by atoms with E-state index in [0.717, 1.165) is 30.0 Å². The van der Waals surface area contributed by atoms with Crippen LogP contribution in [0.4, 0.5) is 5.13 Å². The number of carbonyl (C=O) groups excluding carboxylic acids is 1. The van der Waals surface area contributed by atoms with E-state index in [1.807, 2.05) is 0 Å². The summed E-state index contributed by atoms with van der Waals surface area (Å²) in [6.07, 6.45) is 5.99. The third-order valence-electron chi connectivity index (χ3n) is 5.07. The smallest absolute Gasteiger partial charge is 0.230 e. The molecule has 0 saturated carbocycles. The molecule has 1 amide bonds. The molecule has 1 unspecified atom stereocenters. The summed E-state index contributed by atoms with van der Waals surface area (Å²) in [5.74, 6) is 2.24. The fourth-order valence-electron chi connectivity index (χ4n) is 3.74. The van der Waals surface area contributed by atoms with E-state index in [1.54, 1.807) is 44.8 Å². The van der Waals surface area contributed by atoms with Gasteiger partial charge in [0, 0.05) is 4.88 Å². The average molecular weight is 405 g/mol. The maximum atomic E-state index is 12.6. The number of rotatable bonds is 8. The summed E-state index contributed by atoms with van der Waals surface area (Å²) in [6, 6.07) is 3.59. The van der Waals surface area contributed by atoms with Gasteiger partial charge in [0.2, 0.25) is 11.7 Å². The van der Waals surface area contributed by atoms with Gasteiger partial charge in [0.15, 0.2) is 16.6 Å². The second-order valence-electron chi connectivity index (χ2n) is 7.04. The van der Waals surface area contributed by atoms with Crippen LogP contribution in [0.15, 0.2) is 12.1 Å². The highest BCUT2D eigenvalue weighted by Crippen LogP contribution is 2.38. The molecular formula is C21H28N2O4S. The molecule has 0 aliphatic heterocycles. The molecule has 152 valence electrons. The minimum absolute atomic E-state index is 0.106. The molecule has 1 aliphatic carbocycles. The van der Waals surface area contributed by atoms with Crippen LogP contribution >= 0.6 is 11.3 Å². The molecule has 2 aromatic rings. The number of aromatic nitrogens is 1. The maximum absolute atomic E-state index is 12.6. The summed E-state index contributed by atoms with van der Waals surface area (Å²) in [5, 5.41) is 3.65. The topological polar surface area (TPSA) is 69.7 Å². The molecule has 3 rings (SSSR count). The highest BCUT2D eigenvalue weighted by atomic mass is 32.1. The van der Waals surface area contributed by atoms with E-state index in [0.29, 0.717) is 22.4 Å². The monoisotopic (exact) mass is 404 g/mol. The predicted molar refractivity (Wildman–Crippen MR) is 111 cm³/mol. The molecule has 7 heteroatoms. The Morgan fingerprint density at radius 3 is 2.54 bits per heavy atom. The third-order valence-corrected chi connectivity index (χ3v) is 6.11. The molecule has 0 saturated heterocycles. The average Bonchev–Trinajstić information content (AvgIpc) is 3.08. The number of nitrogens with zero attached hydrogens (tertiary/aromatic N) is 1. The molecule has 0 bridgehead atoms. The third kappa shape index (κ3) is 4.58. The second kappa shape index (κ2) is 9.28. The molecule has 1 aliphatic rings. The van der Waals surface area contributed by atoms with E-state index in [-0.39, 0.29) is 12.3 Å². The number of thiazole rings is 1. The number of aryl methyl sites for hydroxylation is 1. The fourth-order valence-corrected chi connectivity index (χ4v) is 4.88. The van der Waals surface area contributed by atoms with Gasteiger partial charge in [-0.25, -0.2) is 4.98 Å². The Balaban J connectivity index is 1.68. The molecule has 1 atom stereocenters. The Bertz CT molecular complexity index is 809. The van der Waals surface area contributed by atoms with Gasteiger partial charge in [-0.15, -0.1) is 11.3 Å². The van der Waals surface area contributed by atoms with E-state index in [2.05, 4.69) is 17.2 Å². The summed E-state index contributed by atoms with van der Waals surface area (Å²) in [7, 11) is 4.68. The lowest BCUT2D eigenvalue weighted by molar-refractivity contribution is -0.115. The van der Waals surface area contributed by atoms with Crippen molar-refractivity contribution in [2.45, 2.75) is 45.4 Å². The van der Waals surface area contributed by atoms with E-state index in [9.17, 15) is 4.79 Å². The fraction of sp³-hybridized carbons (Fsp3) is 0.524. The summed E-state index contributed by atoms with van der Waals surface area (Å²) >= 11 is 1.61. The van der Waals surface area contributed by atoms with Gasteiger partial charge in [0.25, 0.3) is 0 Å². The van der Waals surface area contributed by atoms with Gasteiger partial charge in [-0.1, -0.05) is 19.8 Å². The van der Waals surface area contributed by atoms with Crippen molar-refractivity contribution in [3.05, 3.63) is 28.3 Å². The van der Waals surface area contributed by atoms with E-state index in [1.165, 1.54) is 24.1 Å². The van der Waals surface area contributed by atoms with Crippen molar-refractivity contribution in [1.29, 1.82) is 0 Å². The predicted octanol–water partition coefficient (Wildman–Crippen LogP) is 4.26. The summed E-state index contributed by atoms with van der Waals surface area (Å²) in [6.45, 7) is 2.23. The number of hydrogen-bond acceptors (Lipinski definition) is 6. The van der Waals surface area contributed by atoms with Crippen LogP contribution in [0.3, 0.4) is 0 Å². The Kier molecular flexibility index (Phi) is 6.78. The molecule has 1 aromatic heterocycles. The van der Waals surface area contributed by atoms with Gasteiger partial charge in [0.05, 0.1) is 33.4 Å². The molecule has 1 heterocycles. The number of carbonyl (C=O) groups is 1. The lowest BCUT2D eigenvalue weighted by Crippen LogP contribution is -2.14. The molecule has 1 aromatic carbocycles. The molecule has 28 heavy (non-hydrogen) atoms. The van der Waals surface area contributed by atoms with E-state index < -0.39 is 0 Å². The van der Waals surface area contributed by atoms with Crippen molar-refractivity contribution in [1.82, 2.24) is 4.98 Å². The molecule has 6 nitrogen and oxygen atoms in total. The highest BCUT2D eigenvalue weighted by molar-refractivity contribution is 7.15. The SMILES string of the molecule is CCCC1CCc2nc(NC(=O)Cc3cc(OC)c(OC)c(OC)c3)sc2C1. The number of amides is 1. The summed E-state index contributed by atoms with van der Waals surface area (Å²) < 4.78 is 16.0. The van der Waals surface area contributed by atoms with Crippen molar-refractivity contribution in [3.63, 3.8) is 0 Å². The largest absolute Gasteiger partial charge is 0.493 e. The first-order valence-corrected chi connectivity index (χ1v) is 10.5. The number of hydrogen-bond donors (Lipinski definition) is 1. The summed E-state index contributed by atoms with van der Waals surface area (Å²) in [4.78, 5) is 18.5. The maximum Gasteiger partial charge on any atom is 0.230 e. The van der Waals surface area contributed by atoms with Gasteiger partial charge >= 0.3 is 0 Å². The number of nitrogens with one attached hydrogen (secondary N) is 1. The van der Waals surface area contributed by atoms with Gasteiger partial charge in [-0.2, -0.15) is 0 Å². The minimum Gasteiger partial charge on any atom is -0.493 e. The van der Waals surface area contributed by atoms with Crippen LogP contribution in [0.5, 0.6) is 17.2 Å². The Hall–Kier alpha value is -2.28. The van der Waals surface area contributed by atoms with Crippen LogP contribution in [-0.4, -0.2) is 32.2 Å². The van der Waals surface area contributed by atoms with Crippen molar-refractivity contribution in [2.75, 3.05) is 26.6 Å². The molecule has 0 radical (unpaired) electrons. The van der Waals surface area contributed by atoms with Gasteiger partial charge in [-0.3, -0.25) is 4.79 Å². The summed E-state index contributed by atoms with van der Waals surface area (Å²) in [5.41, 5.74) is 1.94. The first kappa shape index (κ1) is 20.5. The zero-order chi connectivity index (χ0) is 20.1. The Morgan fingerprint density at radius 2 is 1.93 bits per heavy atom. The van der Waals surface area contributed by atoms with Crippen LogP contribution in [0.2, 0.25) is 0 Å². The second-order valence-corrected chi connectivity index (χ2v) is 8.13. The molecule has 0 spiro atoms. The van der Waals surface area contributed by atoms with E-state index >= 15 is 0 Å². The van der Waals surface area contributed by atoms with Crippen molar-refractivity contribution in [2.24, 2.45) is 5.92 Å². The lowest BCUT2D eigenvalue weighted by Gasteiger charge is -2.19. The number of anilines is 1. The van der Waals surface area contributed by atoms with Crippen LogP contribution < -0.4 is 19.5 Å². The number of ether oxygens (including phenoxy) is 3. The first-order chi connectivity index (χ1) is 13.6. The normalized spacial score (nSPS) is 15.6. The molecule has 1 N–H and O–H groups in total. The van der Waals surface area contributed by atoms with Crippen molar-refractivity contribution >= 4 is 22.4 Å². The van der Waals surface area contributed by atoms with Crippen LogP contribution in [-0.2, 0) is 24.1 Å². The highest BCUT2D eigenvalue weighted by Gasteiger charge is 2.23. The van der Waals surface area contributed by atoms with Gasteiger partial charge in [-0.05, 0) is 42.9 Å². The molecular weight excluding hydrogens is 376 g/mol. The van der Waals surface area contributed by atoms with Crippen LogP contribution in [0.1, 0.15) is 42.3 Å².